The van der Waals surface area contributed by atoms with Gasteiger partial charge in [-0.05, 0) is 12.1 Å². The minimum atomic E-state index is -3.02. The van der Waals surface area contributed by atoms with Gasteiger partial charge in [0, 0.05) is 11.9 Å². The van der Waals surface area contributed by atoms with Crippen LogP contribution < -0.4 is 3.71 Å². The Morgan fingerprint density at radius 1 is 1.27 bits per heavy atom. The first-order valence-electron chi connectivity index (χ1n) is 3.65. The third kappa shape index (κ3) is 4.46. The van der Waals surface area contributed by atoms with Gasteiger partial charge in [0.05, 0.1) is 5.69 Å². The zero-order valence-corrected chi connectivity index (χ0v) is 10.4. The summed E-state index contributed by atoms with van der Waals surface area (Å²) in [5.41, 5.74) is 0.280. The summed E-state index contributed by atoms with van der Waals surface area (Å²) < 4.78 is 32.5. The summed E-state index contributed by atoms with van der Waals surface area (Å²) in [5, 5.41) is 0. The van der Waals surface area contributed by atoms with Crippen LogP contribution in [-0.4, -0.2) is 12.3 Å². The standard InChI is InChI=1S/C7H6Cl2FNO2S2/c8-7(9,10)14-11(15(12)13)6-4-2-1-3-5-6/h1-5,15H. The first-order valence-corrected chi connectivity index (χ1v) is 6.31. The van der Waals surface area contributed by atoms with Crippen LogP contribution in [0.3, 0.4) is 0 Å². The van der Waals surface area contributed by atoms with E-state index in [1.165, 1.54) is 12.1 Å². The molecule has 1 rings (SSSR count). The quantitative estimate of drug-likeness (QED) is 0.526. The van der Waals surface area contributed by atoms with Crippen molar-refractivity contribution in [2.45, 2.75) is 3.92 Å². The predicted molar refractivity (Wildman–Crippen MR) is 62.4 cm³/mol. The summed E-state index contributed by atoms with van der Waals surface area (Å²) >= 11 is 10.3. The Bertz CT molecular complexity index is 386. The molecule has 0 bridgehead atoms. The molecule has 0 N–H and O–H groups in total. The second kappa shape index (κ2) is 5.25. The normalized spacial score (nSPS) is 11.7. The Morgan fingerprint density at radius 2 is 1.80 bits per heavy atom. The molecule has 0 saturated heterocycles. The minimum absolute atomic E-state index is 0.164. The van der Waals surface area contributed by atoms with Crippen LogP contribution in [-0.2, 0) is 10.9 Å². The molecule has 0 aliphatic heterocycles. The van der Waals surface area contributed by atoms with Crippen LogP contribution in [0, 0.1) is 0 Å². The molecule has 0 fully saturated rings. The summed E-state index contributed by atoms with van der Waals surface area (Å²) in [6, 6.07) is 7.93. The van der Waals surface area contributed by atoms with Crippen LogP contribution in [0.4, 0.5) is 10.1 Å². The van der Waals surface area contributed by atoms with Crippen molar-refractivity contribution in [3.63, 3.8) is 0 Å². The molecule has 0 amide bonds. The molecule has 0 saturated carbocycles. The first kappa shape index (κ1) is 12.9. The summed E-state index contributed by atoms with van der Waals surface area (Å²) in [5.74, 6) is 0. The number of para-hydroxylation sites is 1. The zero-order valence-electron chi connectivity index (χ0n) is 7.14. The van der Waals surface area contributed by atoms with Crippen LogP contribution in [0.5, 0.6) is 0 Å². The van der Waals surface area contributed by atoms with Crippen molar-refractivity contribution in [1.29, 1.82) is 0 Å². The fraction of sp³-hybridized carbons (Fsp3) is 0.143. The third-order valence-electron chi connectivity index (χ3n) is 1.32. The van der Waals surface area contributed by atoms with Crippen molar-refractivity contribution >= 4 is 51.7 Å². The molecule has 15 heavy (non-hydrogen) atoms. The zero-order chi connectivity index (χ0) is 11.5. The highest BCUT2D eigenvalue weighted by molar-refractivity contribution is 8.12. The van der Waals surface area contributed by atoms with Gasteiger partial charge in [0.2, 0.25) is 10.9 Å². The summed E-state index contributed by atoms with van der Waals surface area (Å²) in [7, 11) is -3.02. The topological polar surface area (TPSA) is 37.4 Å². The number of hydrogen-bond acceptors (Lipinski definition) is 3. The van der Waals surface area contributed by atoms with Crippen LogP contribution in [0.25, 0.3) is 0 Å². The van der Waals surface area contributed by atoms with Gasteiger partial charge in [-0.2, -0.15) is 4.39 Å². The lowest BCUT2D eigenvalue weighted by molar-refractivity contribution is 0.515. The number of hydrogen-bond donors (Lipinski definition) is 1. The molecule has 84 valence electrons. The van der Waals surface area contributed by atoms with E-state index in [9.17, 15) is 12.8 Å². The SMILES string of the molecule is O=[SH](=O)N(SC(F)(Cl)Cl)c1ccccc1. The lowest BCUT2D eigenvalue weighted by Crippen LogP contribution is -2.17. The molecule has 0 aliphatic carbocycles. The molecule has 0 aliphatic rings. The van der Waals surface area contributed by atoms with E-state index in [0.29, 0.717) is 3.71 Å². The molecule has 0 radical (unpaired) electrons. The molecule has 1 aromatic carbocycles. The maximum atomic E-state index is 12.9. The number of alkyl halides is 3. The van der Waals surface area contributed by atoms with Crippen molar-refractivity contribution in [2.75, 3.05) is 3.71 Å². The second-order valence-electron chi connectivity index (χ2n) is 2.38. The largest absolute Gasteiger partial charge is 0.324 e. The molecular weight excluding hydrogens is 284 g/mol. The fourth-order valence-corrected chi connectivity index (χ4v) is 2.89. The van der Waals surface area contributed by atoms with E-state index in [4.69, 9.17) is 23.2 Å². The first-order chi connectivity index (χ1) is 6.90. The molecular formula is C7H6Cl2FNO2S2. The molecule has 0 atom stereocenters. The van der Waals surface area contributed by atoms with Gasteiger partial charge in [0.1, 0.15) is 0 Å². The van der Waals surface area contributed by atoms with Crippen molar-refractivity contribution in [2.24, 2.45) is 0 Å². The minimum Gasteiger partial charge on any atom is -0.209 e. The number of anilines is 1. The van der Waals surface area contributed by atoms with Crippen LogP contribution >= 0.6 is 35.1 Å². The lowest BCUT2D eigenvalue weighted by Gasteiger charge is -2.18. The maximum absolute atomic E-state index is 12.9. The molecule has 0 spiro atoms. The Balaban J connectivity index is 2.95. The van der Waals surface area contributed by atoms with Gasteiger partial charge in [0.15, 0.2) is 0 Å². The fourth-order valence-electron chi connectivity index (χ4n) is 0.834. The molecule has 0 heterocycles. The monoisotopic (exact) mass is 289 g/mol. The molecule has 0 unspecified atom stereocenters. The van der Waals surface area contributed by atoms with E-state index < -0.39 is 14.8 Å². The Kier molecular flexibility index (Phi) is 4.51. The van der Waals surface area contributed by atoms with Crippen LogP contribution in [0.15, 0.2) is 30.3 Å². The Labute approximate surface area is 102 Å². The number of rotatable bonds is 4. The van der Waals surface area contributed by atoms with Gasteiger partial charge in [-0.15, -0.1) is 0 Å². The highest BCUT2D eigenvalue weighted by Gasteiger charge is 2.29. The molecule has 3 nitrogen and oxygen atoms in total. The number of benzene rings is 1. The maximum Gasteiger partial charge on any atom is 0.324 e. The smallest absolute Gasteiger partial charge is 0.209 e. The summed E-state index contributed by atoms with van der Waals surface area (Å²) in [4.78, 5) is 0. The van der Waals surface area contributed by atoms with Crippen LogP contribution in [0.2, 0.25) is 0 Å². The van der Waals surface area contributed by atoms with E-state index in [2.05, 4.69) is 0 Å². The highest BCUT2D eigenvalue weighted by Crippen LogP contribution is 2.40. The lowest BCUT2D eigenvalue weighted by atomic mass is 10.3. The number of thiol groups is 1. The summed E-state index contributed by atoms with van der Waals surface area (Å²) in [6.45, 7) is 0. The Morgan fingerprint density at radius 3 is 2.20 bits per heavy atom. The second-order valence-corrected chi connectivity index (χ2v) is 6.32. The van der Waals surface area contributed by atoms with Crippen molar-refractivity contribution < 1.29 is 12.8 Å². The van der Waals surface area contributed by atoms with E-state index in [0.717, 1.165) is 0 Å². The third-order valence-corrected chi connectivity index (χ3v) is 3.49. The van der Waals surface area contributed by atoms with Gasteiger partial charge in [-0.3, -0.25) is 0 Å². The number of halogens is 3. The number of nitrogens with zero attached hydrogens (tertiary/aromatic N) is 1. The van der Waals surface area contributed by atoms with E-state index in [1.807, 2.05) is 0 Å². The highest BCUT2D eigenvalue weighted by atomic mass is 35.5. The van der Waals surface area contributed by atoms with Gasteiger partial charge in [-0.25, -0.2) is 12.1 Å². The van der Waals surface area contributed by atoms with E-state index in [1.54, 1.807) is 18.2 Å². The average molecular weight is 290 g/mol. The molecule has 1 aromatic rings. The van der Waals surface area contributed by atoms with Gasteiger partial charge < -0.3 is 0 Å². The van der Waals surface area contributed by atoms with Gasteiger partial charge in [-0.1, -0.05) is 41.4 Å². The molecule has 0 aromatic heterocycles. The average Bonchev–Trinajstić information content (AvgIpc) is 2.14. The summed E-state index contributed by atoms with van der Waals surface area (Å²) in [6.07, 6.45) is 0. The predicted octanol–water partition coefficient (Wildman–Crippen LogP) is 2.73. The van der Waals surface area contributed by atoms with Gasteiger partial charge in [0.25, 0.3) is 0 Å². The van der Waals surface area contributed by atoms with E-state index >= 15 is 0 Å². The van der Waals surface area contributed by atoms with Crippen molar-refractivity contribution in [3.05, 3.63) is 30.3 Å². The van der Waals surface area contributed by atoms with E-state index in [-0.39, 0.29) is 17.6 Å². The van der Waals surface area contributed by atoms with Crippen molar-refractivity contribution in [3.8, 4) is 0 Å². The Hall–Kier alpha value is -0.170. The van der Waals surface area contributed by atoms with Crippen molar-refractivity contribution in [1.82, 2.24) is 0 Å². The van der Waals surface area contributed by atoms with Gasteiger partial charge >= 0.3 is 3.92 Å². The molecule has 8 heteroatoms. The van der Waals surface area contributed by atoms with Crippen LogP contribution in [0.1, 0.15) is 0 Å².